The summed E-state index contributed by atoms with van der Waals surface area (Å²) in [5.41, 5.74) is 1.11. The average molecular weight is 368 g/mol. The summed E-state index contributed by atoms with van der Waals surface area (Å²) in [4.78, 5) is 20.3. The second-order valence-electron chi connectivity index (χ2n) is 7.50. The molecule has 2 aromatic heterocycles. The number of anilines is 2. The number of ether oxygens (including phenoxy) is 1. The van der Waals surface area contributed by atoms with E-state index < -0.39 is 0 Å². The predicted molar refractivity (Wildman–Crippen MR) is 104 cm³/mol. The van der Waals surface area contributed by atoms with E-state index in [0.717, 1.165) is 56.0 Å². The Morgan fingerprint density at radius 1 is 1.11 bits per heavy atom. The lowest BCUT2D eigenvalue weighted by Crippen LogP contribution is -2.39. The minimum absolute atomic E-state index is 0.366. The second kappa shape index (κ2) is 8.71. The number of hydrogen-bond donors (Lipinski definition) is 1. The van der Waals surface area contributed by atoms with Gasteiger partial charge in [0, 0.05) is 38.2 Å². The second-order valence-corrected chi connectivity index (χ2v) is 7.50. The molecule has 0 bridgehead atoms. The van der Waals surface area contributed by atoms with Crippen LogP contribution in [0.5, 0.6) is 0 Å². The SMILES string of the molecule is Cc1nc(Nc2cnccn2)cc([C@H]2CCCCN2CC2CCOCC2)n1. The number of aryl methyl sites for hydroxylation is 1. The van der Waals surface area contributed by atoms with Crippen molar-refractivity contribution >= 4 is 11.6 Å². The normalized spacial score (nSPS) is 21.9. The topological polar surface area (TPSA) is 76.1 Å². The molecule has 0 amide bonds. The average Bonchev–Trinajstić information content (AvgIpc) is 2.69. The zero-order chi connectivity index (χ0) is 18.5. The van der Waals surface area contributed by atoms with Gasteiger partial charge in [0.25, 0.3) is 0 Å². The van der Waals surface area contributed by atoms with E-state index in [1.807, 2.05) is 6.92 Å². The third-order valence-corrected chi connectivity index (χ3v) is 5.47. The molecule has 2 aliphatic heterocycles. The van der Waals surface area contributed by atoms with Gasteiger partial charge in [-0.3, -0.25) is 9.88 Å². The van der Waals surface area contributed by atoms with Crippen molar-refractivity contribution in [2.45, 2.75) is 45.1 Å². The molecule has 1 N–H and O–H groups in total. The first-order chi connectivity index (χ1) is 13.3. The Hall–Kier alpha value is -2.12. The smallest absolute Gasteiger partial charge is 0.150 e. The molecule has 0 radical (unpaired) electrons. The Kier molecular flexibility index (Phi) is 5.89. The minimum atomic E-state index is 0.366. The molecule has 4 heterocycles. The lowest BCUT2D eigenvalue weighted by atomic mass is 9.94. The molecule has 2 aliphatic rings. The summed E-state index contributed by atoms with van der Waals surface area (Å²) in [5.74, 6) is 3.01. The fourth-order valence-corrected chi connectivity index (χ4v) is 4.13. The lowest BCUT2D eigenvalue weighted by molar-refractivity contribution is 0.0376. The fourth-order valence-electron chi connectivity index (χ4n) is 4.13. The summed E-state index contributed by atoms with van der Waals surface area (Å²) in [6.45, 7) is 6.06. The van der Waals surface area contributed by atoms with E-state index >= 15 is 0 Å². The first-order valence-electron chi connectivity index (χ1n) is 9.98. The van der Waals surface area contributed by atoms with Gasteiger partial charge in [0.2, 0.25) is 0 Å². The monoisotopic (exact) mass is 368 g/mol. The van der Waals surface area contributed by atoms with Crippen LogP contribution in [0, 0.1) is 12.8 Å². The highest BCUT2D eigenvalue weighted by Gasteiger charge is 2.28. The van der Waals surface area contributed by atoms with Crippen LogP contribution < -0.4 is 5.32 Å². The molecule has 2 fully saturated rings. The van der Waals surface area contributed by atoms with Gasteiger partial charge in [-0.15, -0.1) is 0 Å². The zero-order valence-corrected chi connectivity index (χ0v) is 16.0. The van der Waals surface area contributed by atoms with Crippen molar-refractivity contribution in [1.29, 1.82) is 0 Å². The Bertz CT molecular complexity index is 735. The van der Waals surface area contributed by atoms with Crippen molar-refractivity contribution in [3.8, 4) is 0 Å². The van der Waals surface area contributed by atoms with E-state index in [0.29, 0.717) is 11.9 Å². The van der Waals surface area contributed by atoms with Gasteiger partial charge >= 0.3 is 0 Å². The maximum absolute atomic E-state index is 5.53. The van der Waals surface area contributed by atoms with Crippen LogP contribution in [0.25, 0.3) is 0 Å². The van der Waals surface area contributed by atoms with Crippen LogP contribution in [-0.2, 0) is 4.74 Å². The molecule has 0 aromatic carbocycles. The van der Waals surface area contributed by atoms with Crippen LogP contribution in [0.15, 0.2) is 24.7 Å². The van der Waals surface area contributed by atoms with Crippen LogP contribution in [-0.4, -0.2) is 51.1 Å². The highest BCUT2D eigenvalue weighted by atomic mass is 16.5. The van der Waals surface area contributed by atoms with Gasteiger partial charge in [0.15, 0.2) is 0 Å². The van der Waals surface area contributed by atoms with Crippen LogP contribution in [0.4, 0.5) is 11.6 Å². The predicted octanol–water partition coefficient (Wildman–Crippen LogP) is 3.27. The molecule has 1 atom stereocenters. The van der Waals surface area contributed by atoms with E-state index in [-0.39, 0.29) is 0 Å². The van der Waals surface area contributed by atoms with Crippen LogP contribution in [0.2, 0.25) is 0 Å². The van der Waals surface area contributed by atoms with Crippen LogP contribution >= 0.6 is 0 Å². The first kappa shape index (κ1) is 18.3. The van der Waals surface area contributed by atoms with E-state index in [1.165, 1.54) is 25.7 Å². The number of rotatable bonds is 5. The maximum Gasteiger partial charge on any atom is 0.150 e. The van der Waals surface area contributed by atoms with Gasteiger partial charge in [-0.1, -0.05) is 6.42 Å². The van der Waals surface area contributed by atoms with Crippen molar-refractivity contribution in [3.63, 3.8) is 0 Å². The highest BCUT2D eigenvalue weighted by molar-refractivity contribution is 5.50. The standard InChI is InChI=1S/C20H28N6O/c1-15-23-17(12-19(24-15)25-20-13-21-7-8-22-20)18-4-2-3-9-26(18)14-16-5-10-27-11-6-16/h7-8,12-13,16,18H,2-6,9-11,14H2,1H3,(H,22,23,24,25)/t18-/m1/s1. The van der Waals surface area contributed by atoms with Crippen molar-refractivity contribution in [1.82, 2.24) is 24.8 Å². The Morgan fingerprint density at radius 2 is 2.00 bits per heavy atom. The first-order valence-corrected chi connectivity index (χ1v) is 9.98. The largest absolute Gasteiger partial charge is 0.381 e. The summed E-state index contributed by atoms with van der Waals surface area (Å²) in [6.07, 6.45) is 11.1. The van der Waals surface area contributed by atoms with Gasteiger partial charge in [-0.2, -0.15) is 0 Å². The van der Waals surface area contributed by atoms with E-state index in [9.17, 15) is 0 Å². The molecule has 7 heteroatoms. The molecule has 27 heavy (non-hydrogen) atoms. The third-order valence-electron chi connectivity index (χ3n) is 5.47. The number of aromatic nitrogens is 4. The molecule has 0 spiro atoms. The minimum Gasteiger partial charge on any atom is -0.381 e. The third kappa shape index (κ3) is 4.78. The molecule has 2 saturated heterocycles. The van der Waals surface area contributed by atoms with Crippen LogP contribution in [0.3, 0.4) is 0 Å². The zero-order valence-electron chi connectivity index (χ0n) is 16.0. The Balaban J connectivity index is 1.52. The van der Waals surface area contributed by atoms with Crippen molar-refractivity contribution in [2.75, 3.05) is 31.6 Å². The van der Waals surface area contributed by atoms with Gasteiger partial charge in [0.1, 0.15) is 17.5 Å². The van der Waals surface area contributed by atoms with Gasteiger partial charge in [-0.25, -0.2) is 15.0 Å². The summed E-state index contributed by atoms with van der Waals surface area (Å²) in [6, 6.07) is 2.44. The molecule has 7 nitrogen and oxygen atoms in total. The lowest BCUT2D eigenvalue weighted by Gasteiger charge is -2.38. The molecule has 0 saturated carbocycles. The molecule has 144 valence electrons. The van der Waals surface area contributed by atoms with Gasteiger partial charge < -0.3 is 10.1 Å². The number of hydrogen-bond acceptors (Lipinski definition) is 7. The fraction of sp³-hybridized carbons (Fsp3) is 0.600. The number of nitrogens with zero attached hydrogens (tertiary/aromatic N) is 5. The van der Waals surface area contributed by atoms with Crippen molar-refractivity contribution in [2.24, 2.45) is 5.92 Å². The number of nitrogens with one attached hydrogen (secondary N) is 1. The number of likely N-dealkylation sites (tertiary alicyclic amines) is 1. The molecule has 2 aromatic rings. The van der Waals surface area contributed by atoms with Crippen molar-refractivity contribution < 1.29 is 4.74 Å². The van der Waals surface area contributed by atoms with E-state index in [2.05, 4.69) is 31.2 Å². The van der Waals surface area contributed by atoms with Gasteiger partial charge in [-0.05, 0) is 45.1 Å². The molecular weight excluding hydrogens is 340 g/mol. The summed E-state index contributed by atoms with van der Waals surface area (Å²) in [5, 5.41) is 3.26. The Labute approximate surface area is 160 Å². The van der Waals surface area contributed by atoms with Crippen LogP contribution in [0.1, 0.15) is 49.7 Å². The van der Waals surface area contributed by atoms with E-state index in [4.69, 9.17) is 9.72 Å². The summed E-state index contributed by atoms with van der Waals surface area (Å²) >= 11 is 0. The molecule has 0 aliphatic carbocycles. The number of piperidine rings is 1. The molecular formula is C20H28N6O. The quantitative estimate of drug-likeness (QED) is 0.868. The van der Waals surface area contributed by atoms with E-state index in [1.54, 1.807) is 18.6 Å². The maximum atomic E-state index is 5.53. The Morgan fingerprint density at radius 3 is 2.81 bits per heavy atom. The summed E-state index contributed by atoms with van der Waals surface area (Å²) in [7, 11) is 0. The molecule has 0 unspecified atom stereocenters. The molecule has 4 rings (SSSR count). The van der Waals surface area contributed by atoms with Crippen molar-refractivity contribution in [3.05, 3.63) is 36.2 Å². The van der Waals surface area contributed by atoms with Gasteiger partial charge in [0.05, 0.1) is 17.9 Å². The summed E-state index contributed by atoms with van der Waals surface area (Å²) < 4.78 is 5.53. The highest BCUT2D eigenvalue weighted by Crippen LogP contribution is 2.33.